The molecule has 0 spiro atoms. The van der Waals surface area contributed by atoms with Crippen LogP contribution in [-0.4, -0.2) is 21.9 Å². The highest BCUT2D eigenvalue weighted by atomic mass is 79.9. The van der Waals surface area contributed by atoms with E-state index in [0.717, 1.165) is 0 Å². The van der Waals surface area contributed by atoms with E-state index in [1.165, 1.54) is 6.07 Å². The number of nitro groups is 1. The van der Waals surface area contributed by atoms with E-state index in [9.17, 15) is 14.9 Å². The van der Waals surface area contributed by atoms with Crippen molar-refractivity contribution in [3.8, 4) is 5.75 Å². The molecule has 0 amide bonds. The molecule has 0 fully saturated rings. The lowest BCUT2D eigenvalue weighted by molar-refractivity contribution is -0.385. The molecule has 0 N–H and O–H groups in total. The summed E-state index contributed by atoms with van der Waals surface area (Å²) >= 11 is 3.21. The molecule has 2 aromatic rings. The first-order valence-electron chi connectivity index (χ1n) is 6.12. The lowest BCUT2D eigenvalue weighted by atomic mass is 10.2. The maximum absolute atomic E-state index is 12.0. The zero-order chi connectivity index (χ0) is 15.6. The van der Waals surface area contributed by atoms with E-state index >= 15 is 0 Å². The number of benzene rings is 1. The van der Waals surface area contributed by atoms with Crippen molar-refractivity contribution in [2.45, 2.75) is 6.92 Å². The fraction of sp³-hybridized carbons (Fsp3) is 0.214. The summed E-state index contributed by atoms with van der Waals surface area (Å²) in [6.45, 7) is 1.45. The zero-order valence-electron chi connectivity index (χ0n) is 11.5. The number of carbonyl (C=O) groups is 1. The third kappa shape index (κ3) is 3.30. The third-order valence-corrected chi connectivity index (χ3v) is 3.45. The van der Waals surface area contributed by atoms with Gasteiger partial charge >= 0.3 is 5.69 Å². The summed E-state index contributed by atoms with van der Waals surface area (Å²) in [4.78, 5) is 22.6. The van der Waals surface area contributed by atoms with E-state index in [1.54, 1.807) is 42.9 Å². The molecule has 0 saturated carbocycles. The monoisotopic (exact) mass is 352 g/mol. The SMILES string of the molecule is Cc1cc(Br)cc([N+](=O)[O-])c1OCC(=O)c1cccn1C. The molecule has 0 atom stereocenters. The van der Waals surface area contributed by atoms with E-state index < -0.39 is 4.92 Å². The smallest absolute Gasteiger partial charge is 0.312 e. The maximum atomic E-state index is 12.0. The van der Waals surface area contributed by atoms with E-state index in [1.807, 2.05) is 0 Å². The Morgan fingerprint density at radius 3 is 2.76 bits per heavy atom. The Balaban J connectivity index is 2.22. The van der Waals surface area contributed by atoms with Crippen LogP contribution in [0.4, 0.5) is 5.69 Å². The number of aromatic nitrogens is 1. The average Bonchev–Trinajstić information content (AvgIpc) is 2.82. The highest BCUT2D eigenvalue weighted by Crippen LogP contribution is 2.34. The van der Waals surface area contributed by atoms with E-state index in [2.05, 4.69) is 15.9 Å². The molecule has 0 saturated heterocycles. The van der Waals surface area contributed by atoms with Crippen molar-refractivity contribution in [1.82, 2.24) is 4.57 Å². The molecule has 2 rings (SSSR count). The second-order valence-electron chi connectivity index (χ2n) is 4.54. The summed E-state index contributed by atoms with van der Waals surface area (Å²) in [5.41, 5.74) is 0.921. The summed E-state index contributed by atoms with van der Waals surface area (Å²) in [5, 5.41) is 11.1. The predicted molar refractivity (Wildman–Crippen MR) is 80.8 cm³/mol. The zero-order valence-corrected chi connectivity index (χ0v) is 13.1. The lowest BCUT2D eigenvalue weighted by Gasteiger charge is -2.10. The molecule has 7 heteroatoms. The van der Waals surface area contributed by atoms with Crippen molar-refractivity contribution >= 4 is 27.4 Å². The molecule has 0 aliphatic heterocycles. The van der Waals surface area contributed by atoms with Crippen molar-refractivity contribution in [2.24, 2.45) is 7.05 Å². The van der Waals surface area contributed by atoms with Crippen LogP contribution in [0.3, 0.4) is 0 Å². The van der Waals surface area contributed by atoms with Gasteiger partial charge in [-0.15, -0.1) is 0 Å². The Hall–Kier alpha value is -2.15. The first kappa shape index (κ1) is 15.2. The molecular weight excluding hydrogens is 340 g/mol. The van der Waals surface area contributed by atoms with Crippen molar-refractivity contribution < 1.29 is 14.5 Å². The summed E-state index contributed by atoms with van der Waals surface area (Å²) in [7, 11) is 1.75. The minimum atomic E-state index is -0.528. The number of ketones is 1. The molecular formula is C14H13BrN2O4. The molecule has 110 valence electrons. The van der Waals surface area contributed by atoms with Crippen molar-refractivity contribution in [3.63, 3.8) is 0 Å². The highest BCUT2D eigenvalue weighted by molar-refractivity contribution is 9.10. The first-order valence-corrected chi connectivity index (χ1v) is 6.91. The molecule has 1 aromatic carbocycles. The largest absolute Gasteiger partial charge is 0.478 e. The molecule has 6 nitrogen and oxygen atoms in total. The minimum Gasteiger partial charge on any atom is -0.478 e. The number of hydrogen-bond acceptors (Lipinski definition) is 4. The molecule has 0 aliphatic carbocycles. The van der Waals surface area contributed by atoms with Crippen LogP contribution in [0.1, 0.15) is 16.1 Å². The van der Waals surface area contributed by atoms with Gasteiger partial charge in [-0.1, -0.05) is 15.9 Å². The first-order chi connectivity index (χ1) is 9.90. The van der Waals surface area contributed by atoms with Crippen LogP contribution in [0.15, 0.2) is 34.9 Å². The van der Waals surface area contributed by atoms with Gasteiger partial charge in [0.1, 0.15) is 0 Å². The summed E-state index contributed by atoms with van der Waals surface area (Å²) < 4.78 is 7.67. The van der Waals surface area contributed by atoms with Gasteiger partial charge < -0.3 is 9.30 Å². The van der Waals surface area contributed by atoms with Crippen molar-refractivity contribution in [3.05, 3.63) is 56.3 Å². The molecule has 0 bridgehead atoms. The van der Waals surface area contributed by atoms with Gasteiger partial charge in [0.05, 0.1) is 10.6 Å². The molecule has 1 heterocycles. The van der Waals surface area contributed by atoms with Gasteiger partial charge in [0.2, 0.25) is 11.5 Å². The number of rotatable bonds is 5. The standard InChI is InChI=1S/C14H13BrN2O4/c1-9-6-10(15)7-12(17(19)20)14(9)21-8-13(18)11-4-3-5-16(11)2/h3-7H,8H2,1-2H3. The Kier molecular flexibility index (Phi) is 4.42. The topological polar surface area (TPSA) is 74.4 Å². The van der Waals surface area contributed by atoms with Gasteiger partial charge in [-0.2, -0.15) is 0 Å². The number of hydrogen-bond donors (Lipinski definition) is 0. The quantitative estimate of drug-likeness (QED) is 0.470. The molecule has 0 unspecified atom stereocenters. The van der Waals surface area contributed by atoms with Crippen LogP contribution in [0.5, 0.6) is 5.75 Å². The molecule has 21 heavy (non-hydrogen) atoms. The van der Waals surface area contributed by atoms with Gasteiger partial charge in [0, 0.05) is 23.8 Å². The summed E-state index contributed by atoms with van der Waals surface area (Å²) in [5.74, 6) is -0.120. The van der Waals surface area contributed by atoms with Crippen LogP contribution in [0.2, 0.25) is 0 Å². The Morgan fingerprint density at radius 1 is 1.48 bits per heavy atom. The van der Waals surface area contributed by atoms with Crippen LogP contribution in [0, 0.1) is 17.0 Å². The van der Waals surface area contributed by atoms with E-state index in [4.69, 9.17) is 4.74 Å². The molecule has 0 radical (unpaired) electrons. The molecule has 1 aromatic heterocycles. The van der Waals surface area contributed by atoms with Gasteiger partial charge in [-0.25, -0.2) is 0 Å². The number of aryl methyl sites for hydroxylation is 2. The fourth-order valence-corrected chi connectivity index (χ4v) is 2.56. The van der Waals surface area contributed by atoms with Crippen LogP contribution >= 0.6 is 15.9 Å². The van der Waals surface area contributed by atoms with Gasteiger partial charge in [-0.3, -0.25) is 14.9 Å². The normalized spacial score (nSPS) is 10.4. The Labute approximate surface area is 129 Å². The maximum Gasteiger partial charge on any atom is 0.312 e. The van der Waals surface area contributed by atoms with Gasteiger partial charge in [-0.05, 0) is 30.7 Å². The van der Waals surface area contributed by atoms with E-state index in [-0.39, 0.29) is 23.8 Å². The number of carbonyl (C=O) groups excluding carboxylic acids is 1. The molecule has 0 aliphatic rings. The highest BCUT2D eigenvalue weighted by Gasteiger charge is 2.20. The van der Waals surface area contributed by atoms with Crippen LogP contribution < -0.4 is 4.74 Å². The predicted octanol–water partition coefficient (Wildman–Crippen LogP) is 3.27. The van der Waals surface area contributed by atoms with Gasteiger partial charge in [0.25, 0.3) is 0 Å². The number of nitrogens with zero attached hydrogens (tertiary/aromatic N) is 2. The number of ether oxygens (including phenoxy) is 1. The lowest BCUT2D eigenvalue weighted by Crippen LogP contribution is -2.15. The van der Waals surface area contributed by atoms with E-state index in [0.29, 0.717) is 15.7 Å². The van der Waals surface area contributed by atoms with Crippen LogP contribution in [-0.2, 0) is 7.05 Å². The second-order valence-corrected chi connectivity index (χ2v) is 5.46. The Morgan fingerprint density at radius 2 is 2.19 bits per heavy atom. The Bertz CT molecular complexity index is 709. The number of nitro benzene ring substituents is 1. The van der Waals surface area contributed by atoms with Crippen molar-refractivity contribution in [2.75, 3.05) is 6.61 Å². The number of Topliss-reactive ketones (excluding diaryl/α,β-unsaturated/α-hetero) is 1. The van der Waals surface area contributed by atoms with Crippen LogP contribution in [0.25, 0.3) is 0 Å². The number of halogens is 1. The summed E-state index contributed by atoms with van der Waals surface area (Å²) in [6, 6.07) is 6.49. The second kappa shape index (κ2) is 6.09. The average molecular weight is 353 g/mol. The minimum absolute atomic E-state index is 0.116. The fourth-order valence-electron chi connectivity index (χ4n) is 2.00. The van der Waals surface area contributed by atoms with Gasteiger partial charge in [0.15, 0.2) is 6.61 Å². The van der Waals surface area contributed by atoms with Crippen molar-refractivity contribution in [1.29, 1.82) is 0 Å². The third-order valence-electron chi connectivity index (χ3n) is 2.99. The summed E-state index contributed by atoms with van der Waals surface area (Å²) in [6.07, 6.45) is 1.75.